The van der Waals surface area contributed by atoms with Crippen LogP contribution >= 0.6 is 0 Å². The molecule has 0 bridgehead atoms. The Morgan fingerprint density at radius 1 is 0.645 bits per heavy atom. The first kappa shape index (κ1) is 20.9. The van der Waals surface area contributed by atoms with Crippen molar-refractivity contribution >= 4 is 5.69 Å². The third-order valence-corrected chi connectivity index (χ3v) is 5.99. The SMILES string of the molecule is CC(CCO)c1ccc(NC(c2ccccc2)(c2ccccc2)c2ccccc2)cc1. The van der Waals surface area contributed by atoms with Gasteiger partial charge < -0.3 is 10.4 Å². The van der Waals surface area contributed by atoms with Crippen LogP contribution in [0.3, 0.4) is 0 Å². The molecule has 0 heterocycles. The number of aliphatic hydroxyl groups is 1. The molecule has 4 aromatic carbocycles. The summed E-state index contributed by atoms with van der Waals surface area (Å²) in [7, 11) is 0. The van der Waals surface area contributed by atoms with E-state index in [2.05, 4.69) is 128 Å². The number of nitrogens with one attached hydrogen (secondary N) is 1. The third-order valence-electron chi connectivity index (χ3n) is 5.99. The van der Waals surface area contributed by atoms with E-state index in [0.717, 1.165) is 12.1 Å². The van der Waals surface area contributed by atoms with Gasteiger partial charge in [0.25, 0.3) is 0 Å². The molecule has 0 spiro atoms. The van der Waals surface area contributed by atoms with Gasteiger partial charge in [-0.25, -0.2) is 0 Å². The molecule has 4 aromatic rings. The van der Waals surface area contributed by atoms with Gasteiger partial charge in [0.1, 0.15) is 5.54 Å². The minimum Gasteiger partial charge on any atom is -0.396 e. The maximum absolute atomic E-state index is 9.27. The molecule has 4 rings (SSSR count). The van der Waals surface area contributed by atoms with Crippen LogP contribution in [0.15, 0.2) is 115 Å². The van der Waals surface area contributed by atoms with Crippen LogP contribution in [0.4, 0.5) is 5.69 Å². The van der Waals surface area contributed by atoms with E-state index >= 15 is 0 Å². The van der Waals surface area contributed by atoms with Gasteiger partial charge in [-0.05, 0) is 46.7 Å². The number of anilines is 1. The van der Waals surface area contributed by atoms with E-state index in [0.29, 0.717) is 5.92 Å². The van der Waals surface area contributed by atoms with Crippen molar-refractivity contribution in [1.82, 2.24) is 0 Å². The minimum atomic E-state index is -0.526. The summed E-state index contributed by atoms with van der Waals surface area (Å²) in [4.78, 5) is 0. The zero-order chi connectivity index (χ0) is 21.5. The summed E-state index contributed by atoms with van der Waals surface area (Å²) in [5, 5.41) is 13.2. The monoisotopic (exact) mass is 407 g/mol. The van der Waals surface area contributed by atoms with E-state index < -0.39 is 5.54 Å². The number of benzene rings is 4. The van der Waals surface area contributed by atoms with Crippen molar-refractivity contribution in [3.05, 3.63) is 138 Å². The first-order valence-electron chi connectivity index (χ1n) is 10.9. The molecule has 31 heavy (non-hydrogen) atoms. The fourth-order valence-corrected chi connectivity index (χ4v) is 4.25. The predicted octanol–water partition coefficient (Wildman–Crippen LogP) is 6.58. The first-order valence-corrected chi connectivity index (χ1v) is 10.9. The molecule has 0 aliphatic carbocycles. The predicted molar refractivity (Wildman–Crippen MR) is 129 cm³/mol. The molecule has 0 fully saturated rings. The van der Waals surface area contributed by atoms with Crippen molar-refractivity contribution in [2.75, 3.05) is 11.9 Å². The smallest absolute Gasteiger partial charge is 0.114 e. The van der Waals surface area contributed by atoms with Crippen LogP contribution in [0.2, 0.25) is 0 Å². The Hall–Kier alpha value is -3.36. The quantitative estimate of drug-likeness (QED) is 0.324. The van der Waals surface area contributed by atoms with Crippen molar-refractivity contribution in [3.63, 3.8) is 0 Å². The summed E-state index contributed by atoms with van der Waals surface area (Å²) in [5.74, 6) is 0.334. The topological polar surface area (TPSA) is 32.3 Å². The molecule has 156 valence electrons. The second-order valence-electron chi connectivity index (χ2n) is 8.01. The highest BCUT2D eigenvalue weighted by molar-refractivity contribution is 5.60. The van der Waals surface area contributed by atoms with Crippen molar-refractivity contribution < 1.29 is 5.11 Å². The molecule has 0 aromatic heterocycles. The van der Waals surface area contributed by atoms with E-state index in [1.807, 2.05) is 0 Å². The van der Waals surface area contributed by atoms with Crippen LogP contribution in [-0.2, 0) is 5.54 Å². The average Bonchev–Trinajstić information content (AvgIpc) is 2.85. The maximum Gasteiger partial charge on any atom is 0.114 e. The highest BCUT2D eigenvalue weighted by Crippen LogP contribution is 2.40. The molecule has 2 heteroatoms. The molecule has 0 aliphatic rings. The van der Waals surface area contributed by atoms with Gasteiger partial charge in [0.2, 0.25) is 0 Å². The van der Waals surface area contributed by atoms with E-state index in [-0.39, 0.29) is 6.61 Å². The fraction of sp³-hybridized carbons (Fsp3) is 0.172. The fourth-order valence-electron chi connectivity index (χ4n) is 4.25. The van der Waals surface area contributed by atoms with Crippen LogP contribution in [0, 0.1) is 0 Å². The lowest BCUT2D eigenvalue weighted by atomic mass is 9.76. The van der Waals surface area contributed by atoms with E-state index in [1.54, 1.807) is 0 Å². The standard InChI is InChI=1S/C29H29NO/c1-23(21-22-31)24-17-19-28(20-18-24)30-29(25-11-5-2-6-12-25,26-13-7-3-8-14-26)27-15-9-4-10-16-27/h2-20,23,30-31H,21-22H2,1H3. The van der Waals surface area contributed by atoms with Gasteiger partial charge in [-0.1, -0.05) is 110 Å². The molecule has 0 aliphatic heterocycles. The van der Waals surface area contributed by atoms with Gasteiger partial charge in [-0.2, -0.15) is 0 Å². The molecule has 2 nitrogen and oxygen atoms in total. The van der Waals surface area contributed by atoms with E-state index in [4.69, 9.17) is 0 Å². The van der Waals surface area contributed by atoms with Crippen molar-refractivity contribution in [1.29, 1.82) is 0 Å². The Balaban J connectivity index is 1.85. The summed E-state index contributed by atoms with van der Waals surface area (Å²) < 4.78 is 0. The molecule has 1 atom stereocenters. The average molecular weight is 408 g/mol. The van der Waals surface area contributed by atoms with Crippen LogP contribution in [0.25, 0.3) is 0 Å². The summed E-state index contributed by atoms with van der Waals surface area (Å²) in [6.07, 6.45) is 0.773. The number of aliphatic hydroxyl groups excluding tert-OH is 1. The Kier molecular flexibility index (Phi) is 6.49. The zero-order valence-corrected chi connectivity index (χ0v) is 17.9. The van der Waals surface area contributed by atoms with Crippen LogP contribution in [0.5, 0.6) is 0 Å². The number of rotatable bonds is 8. The van der Waals surface area contributed by atoms with E-state index in [1.165, 1.54) is 22.3 Å². The van der Waals surface area contributed by atoms with Crippen molar-refractivity contribution in [2.24, 2.45) is 0 Å². The molecule has 1 unspecified atom stereocenters. The van der Waals surface area contributed by atoms with Crippen molar-refractivity contribution in [2.45, 2.75) is 24.8 Å². The van der Waals surface area contributed by atoms with Gasteiger partial charge in [-0.3, -0.25) is 0 Å². The highest BCUT2D eigenvalue weighted by atomic mass is 16.3. The van der Waals surface area contributed by atoms with Gasteiger partial charge in [0, 0.05) is 12.3 Å². The van der Waals surface area contributed by atoms with Crippen LogP contribution < -0.4 is 5.32 Å². The van der Waals surface area contributed by atoms with Gasteiger partial charge in [0.05, 0.1) is 0 Å². The van der Waals surface area contributed by atoms with Crippen LogP contribution in [0.1, 0.15) is 41.5 Å². The maximum atomic E-state index is 9.27. The Morgan fingerprint density at radius 2 is 1.06 bits per heavy atom. The number of hydrogen-bond donors (Lipinski definition) is 2. The summed E-state index contributed by atoms with van der Waals surface area (Å²) in [6, 6.07) is 40.5. The molecule has 0 radical (unpaired) electrons. The Labute approximate surface area is 185 Å². The molecule has 0 amide bonds. The zero-order valence-electron chi connectivity index (χ0n) is 17.9. The molecule has 2 N–H and O–H groups in total. The normalized spacial score (nSPS) is 12.3. The Morgan fingerprint density at radius 3 is 1.45 bits per heavy atom. The molecule has 0 saturated carbocycles. The minimum absolute atomic E-state index is 0.209. The summed E-state index contributed by atoms with van der Waals surface area (Å²) >= 11 is 0. The second kappa shape index (κ2) is 9.63. The summed E-state index contributed by atoms with van der Waals surface area (Å²) in [5.41, 5.74) is 5.32. The Bertz CT molecular complexity index is 963. The van der Waals surface area contributed by atoms with Gasteiger partial charge in [0.15, 0.2) is 0 Å². The largest absolute Gasteiger partial charge is 0.396 e. The molecular weight excluding hydrogens is 378 g/mol. The lowest BCUT2D eigenvalue weighted by molar-refractivity contribution is 0.278. The van der Waals surface area contributed by atoms with Gasteiger partial charge in [-0.15, -0.1) is 0 Å². The second-order valence-corrected chi connectivity index (χ2v) is 8.01. The summed E-state index contributed by atoms with van der Waals surface area (Å²) in [6.45, 7) is 2.36. The number of hydrogen-bond acceptors (Lipinski definition) is 2. The first-order chi connectivity index (χ1) is 15.2. The molecule has 0 saturated heterocycles. The van der Waals surface area contributed by atoms with E-state index in [9.17, 15) is 5.11 Å². The lowest BCUT2D eigenvalue weighted by Crippen LogP contribution is -2.38. The highest BCUT2D eigenvalue weighted by Gasteiger charge is 2.36. The third kappa shape index (κ3) is 4.40. The van der Waals surface area contributed by atoms with Crippen molar-refractivity contribution in [3.8, 4) is 0 Å². The lowest BCUT2D eigenvalue weighted by Gasteiger charge is -2.38. The molecular formula is C29H29NO. The van der Waals surface area contributed by atoms with Gasteiger partial charge >= 0.3 is 0 Å². The van der Waals surface area contributed by atoms with Crippen LogP contribution in [-0.4, -0.2) is 11.7 Å².